The van der Waals surface area contributed by atoms with Crippen molar-refractivity contribution in [1.82, 2.24) is 10.6 Å². The molecule has 26 heavy (non-hydrogen) atoms. The lowest BCUT2D eigenvalue weighted by Gasteiger charge is -2.16. The molecule has 3 atom stereocenters. The van der Waals surface area contributed by atoms with E-state index in [0.29, 0.717) is 25.7 Å². The monoisotopic (exact) mass is 379 g/mol. The third kappa shape index (κ3) is 3.85. The summed E-state index contributed by atoms with van der Waals surface area (Å²) in [5.74, 6) is -0.0736. The summed E-state index contributed by atoms with van der Waals surface area (Å²) in [7, 11) is -3.21. The Morgan fingerprint density at radius 1 is 1.23 bits per heavy atom. The van der Waals surface area contributed by atoms with E-state index in [1.807, 2.05) is 32.0 Å². The van der Waals surface area contributed by atoms with Crippen LogP contribution in [0.3, 0.4) is 0 Å². The van der Waals surface area contributed by atoms with Gasteiger partial charge in [0.2, 0.25) is 5.91 Å². The van der Waals surface area contributed by atoms with Gasteiger partial charge >= 0.3 is 6.03 Å². The number of hydrogen-bond acceptors (Lipinski definition) is 4. The molecule has 2 fully saturated rings. The van der Waals surface area contributed by atoms with Crippen molar-refractivity contribution in [1.29, 1.82) is 0 Å². The quantitative estimate of drug-likeness (QED) is 0.516. The van der Waals surface area contributed by atoms with E-state index in [4.69, 9.17) is 0 Å². The van der Waals surface area contributed by atoms with Crippen LogP contribution in [0.25, 0.3) is 0 Å². The number of sulfone groups is 1. The number of anilines is 1. The van der Waals surface area contributed by atoms with E-state index in [9.17, 15) is 18.0 Å². The van der Waals surface area contributed by atoms with Crippen LogP contribution in [0.4, 0.5) is 10.5 Å². The maximum Gasteiger partial charge on any atom is 0.315 e. The Balaban J connectivity index is 1.47. The third-order valence-corrected chi connectivity index (χ3v) is 7.62. The molecular formula is C18H25N3O4S. The number of rotatable bonds is 6. The van der Waals surface area contributed by atoms with Gasteiger partial charge in [0.1, 0.15) is 0 Å². The number of fused-ring (bicyclic) bond motifs is 1. The van der Waals surface area contributed by atoms with Gasteiger partial charge in [-0.05, 0) is 43.9 Å². The fourth-order valence-electron chi connectivity index (χ4n) is 3.74. The Kier molecular flexibility index (Phi) is 5.22. The number of benzene rings is 1. The highest BCUT2D eigenvalue weighted by Crippen LogP contribution is 2.28. The van der Waals surface area contributed by atoms with Crippen LogP contribution < -0.4 is 16.0 Å². The van der Waals surface area contributed by atoms with Crippen molar-refractivity contribution in [3.05, 3.63) is 29.3 Å². The Morgan fingerprint density at radius 2 is 2.00 bits per heavy atom. The highest BCUT2D eigenvalue weighted by Gasteiger charge is 2.51. The smallest absolute Gasteiger partial charge is 0.315 e. The first-order valence-corrected chi connectivity index (χ1v) is 10.6. The molecule has 0 bridgehead atoms. The molecule has 0 saturated carbocycles. The summed E-state index contributed by atoms with van der Waals surface area (Å²) in [5.41, 5.74) is 2.99. The summed E-state index contributed by atoms with van der Waals surface area (Å²) < 4.78 is 24.5. The number of aryl methyl sites for hydroxylation is 1. The van der Waals surface area contributed by atoms with E-state index in [1.54, 1.807) is 0 Å². The van der Waals surface area contributed by atoms with Gasteiger partial charge in [-0.15, -0.1) is 0 Å². The molecule has 3 amide bonds. The number of amides is 3. The first kappa shape index (κ1) is 18.7. The molecule has 3 N–H and O–H groups in total. The summed E-state index contributed by atoms with van der Waals surface area (Å²) in [5, 5.41) is 7.71. The molecular weight excluding hydrogens is 354 g/mol. The molecule has 2 aliphatic rings. The van der Waals surface area contributed by atoms with Crippen LogP contribution in [0.1, 0.15) is 36.8 Å². The molecule has 1 aromatic rings. The van der Waals surface area contributed by atoms with Crippen LogP contribution in [-0.4, -0.2) is 43.4 Å². The van der Waals surface area contributed by atoms with Gasteiger partial charge in [-0.2, -0.15) is 0 Å². The Labute approximate surface area is 153 Å². The van der Waals surface area contributed by atoms with Crippen molar-refractivity contribution in [2.45, 2.75) is 56.9 Å². The lowest BCUT2D eigenvalue weighted by molar-refractivity contribution is -0.116. The molecule has 2 heterocycles. The van der Waals surface area contributed by atoms with E-state index in [2.05, 4.69) is 16.0 Å². The van der Waals surface area contributed by atoms with E-state index in [1.165, 1.54) is 0 Å². The van der Waals surface area contributed by atoms with Crippen LogP contribution in [0.15, 0.2) is 18.2 Å². The van der Waals surface area contributed by atoms with Crippen molar-refractivity contribution in [3.63, 3.8) is 0 Å². The van der Waals surface area contributed by atoms with Gasteiger partial charge in [0, 0.05) is 12.1 Å². The summed E-state index contributed by atoms with van der Waals surface area (Å²) >= 11 is 0. The SMILES string of the molecule is Cc1cccc(NC(=O)CCCC[C@@H]2[C@H]3NC(=O)N[C@@H]3CS2(=O)=O)c1C. The normalized spacial score (nSPS) is 26.1. The van der Waals surface area contributed by atoms with Gasteiger partial charge in [0.05, 0.1) is 23.1 Å². The summed E-state index contributed by atoms with van der Waals surface area (Å²) in [6, 6.07) is 4.80. The predicted molar refractivity (Wildman–Crippen MR) is 99.8 cm³/mol. The molecule has 0 spiro atoms. The average molecular weight is 379 g/mol. The van der Waals surface area contributed by atoms with E-state index >= 15 is 0 Å². The molecule has 3 rings (SSSR count). The fraction of sp³-hybridized carbons (Fsp3) is 0.556. The second kappa shape index (κ2) is 7.26. The third-order valence-electron chi connectivity index (χ3n) is 5.34. The number of urea groups is 1. The van der Waals surface area contributed by atoms with Crippen molar-refractivity contribution >= 4 is 27.5 Å². The second-order valence-electron chi connectivity index (χ2n) is 7.16. The topological polar surface area (TPSA) is 104 Å². The van der Waals surface area contributed by atoms with Crippen molar-refractivity contribution in [2.75, 3.05) is 11.1 Å². The van der Waals surface area contributed by atoms with Crippen molar-refractivity contribution in [2.24, 2.45) is 0 Å². The largest absolute Gasteiger partial charge is 0.332 e. The minimum absolute atomic E-state index is 0.00576. The zero-order valence-electron chi connectivity index (χ0n) is 15.0. The average Bonchev–Trinajstić information content (AvgIpc) is 3.00. The Bertz CT molecular complexity index is 822. The zero-order valence-corrected chi connectivity index (χ0v) is 15.9. The maximum atomic E-state index is 12.3. The van der Waals surface area contributed by atoms with Gasteiger partial charge in [0.15, 0.2) is 9.84 Å². The maximum absolute atomic E-state index is 12.3. The highest BCUT2D eigenvalue weighted by atomic mass is 32.2. The van der Waals surface area contributed by atoms with Gasteiger partial charge in [-0.1, -0.05) is 18.6 Å². The summed E-state index contributed by atoms with van der Waals surface area (Å²) in [6.07, 6.45) is 2.05. The van der Waals surface area contributed by atoms with Crippen LogP contribution >= 0.6 is 0 Å². The van der Waals surface area contributed by atoms with Crippen molar-refractivity contribution < 1.29 is 18.0 Å². The van der Waals surface area contributed by atoms with Crippen molar-refractivity contribution in [3.8, 4) is 0 Å². The Hall–Kier alpha value is -2.09. The van der Waals surface area contributed by atoms with Crippen LogP contribution in [0.5, 0.6) is 0 Å². The Morgan fingerprint density at radius 3 is 2.77 bits per heavy atom. The first-order chi connectivity index (χ1) is 12.3. The minimum atomic E-state index is -3.21. The summed E-state index contributed by atoms with van der Waals surface area (Å²) in [4.78, 5) is 23.5. The second-order valence-corrected chi connectivity index (χ2v) is 9.42. The molecule has 0 radical (unpaired) electrons. The molecule has 1 aromatic carbocycles. The molecule has 0 unspecified atom stereocenters. The molecule has 0 aromatic heterocycles. The number of nitrogens with one attached hydrogen (secondary N) is 3. The predicted octanol–water partition coefficient (Wildman–Crippen LogP) is 1.65. The molecule has 2 aliphatic heterocycles. The molecule has 0 aliphatic carbocycles. The highest BCUT2D eigenvalue weighted by molar-refractivity contribution is 7.92. The molecule has 8 heteroatoms. The fourth-order valence-corrected chi connectivity index (χ4v) is 6.00. The standard InChI is InChI=1S/C18H25N3O4S/c1-11-6-5-7-13(12(11)2)19-16(22)9-4-3-8-15-17-14(10-26(15,24)25)20-18(23)21-17/h5-7,14-15,17H,3-4,8-10H2,1-2H3,(H,19,22)(H2,20,21,23)/t14-,15-,17+/m1/s1. The van der Waals surface area contributed by atoms with Gasteiger partial charge in [-0.25, -0.2) is 13.2 Å². The van der Waals surface area contributed by atoms with E-state index in [0.717, 1.165) is 16.8 Å². The number of unbranched alkanes of at least 4 members (excludes halogenated alkanes) is 1. The van der Waals surface area contributed by atoms with Crippen LogP contribution in [0.2, 0.25) is 0 Å². The van der Waals surface area contributed by atoms with Crippen LogP contribution in [0, 0.1) is 13.8 Å². The van der Waals surface area contributed by atoms with Gasteiger partial charge in [0.25, 0.3) is 0 Å². The minimum Gasteiger partial charge on any atom is -0.332 e. The summed E-state index contributed by atoms with van der Waals surface area (Å²) in [6.45, 7) is 3.97. The van der Waals surface area contributed by atoms with E-state index < -0.39 is 15.1 Å². The number of carbonyl (C=O) groups is 2. The molecule has 7 nitrogen and oxygen atoms in total. The van der Waals surface area contributed by atoms with E-state index in [-0.39, 0.29) is 29.8 Å². The van der Waals surface area contributed by atoms with Gasteiger partial charge < -0.3 is 16.0 Å². The van der Waals surface area contributed by atoms with Gasteiger partial charge in [-0.3, -0.25) is 4.79 Å². The molecule has 142 valence electrons. The number of carbonyl (C=O) groups excluding carboxylic acids is 2. The lowest BCUT2D eigenvalue weighted by Crippen LogP contribution is -2.39. The number of hydrogen-bond donors (Lipinski definition) is 3. The zero-order chi connectivity index (χ0) is 18.9. The molecule has 2 saturated heterocycles. The van der Waals surface area contributed by atoms with Crippen LogP contribution in [-0.2, 0) is 14.6 Å². The first-order valence-electron chi connectivity index (χ1n) is 8.92. The lowest BCUT2D eigenvalue weighted by atomic mass is 10.0.